The zero-order chi connectivity index (χ0) is 16.2. The average molecular weight is 373 g/mol. The van der Waals surface area contributed by atoms with E-state index in [4.69, 9.17) is 4.74 Å². The van der Waals surface area contributed by atoms with E-state index >= 15 is 0 Å². The molecule has 1 heterocycles. The molecule has 2 nitrogen and oxygen atoms in total. The summed E-state index contributed by atoms with van der Waals surface area (Å²) in [6.07, 6.45) is 18.4. The van der Waals surface area contributed by atoms with E-state index in [1.54, 1.807) is 6.92 Å². The summed E-state index contributed by atoms with van der Waals surface area (Å²) in [6.45, 7) is 3.92. The highest BCUT2D eigenvalue weighted by molar-refractivity contribution is 9.09. The first kappa shape index (κ1) is 19.9. The van der Waals surface area contributed by atoms with Gasteiger partial charge in [-0.3, -0.25) is 0 Å². The Kier molecular flexibility index (Phi) is 11.1. The topological polar surface area (TPSA) is 29.6 Å². The first-order valence-corrected chi connectivity index (χ1v) is 10.0. The van der Waals surface area contributed by atoms with Gasteiger partial charge in [-0.25, -0.2) is 0 Å². The lowest BCUT2D eigenvalue weighted by atomic mass is 10.1. The molecule has 128 valence electrons. The maximum atomic E-state index is 10.8. The van der Waals surface area contributed by atoms with Crippen molar-refractivity contribution in [3.63, 3.8) is 0 Å². The summed E-state index contributed by atoms with van der Waals surface area (Å²) in [7, 11) is 0. The summed E-state index contributed by atoms with van der Waals surface area (Å²) in [5.41, 5.74) is 0. The molecule has 0 aliphatic carbocycles. The van der Waals surface area contributed by atoms with Crippen molar-refractivity contribution in [2.75, 3.05) is 0 Å². The third-order valence-electron chi connectivity index (χ3n) is 4.25. The number of carbonyl (C=O) groups is 1. The molecule has 0 aromatic carbocycles. The first-order valence-electron chi connectivity index (χ1n) is 9.09. The van der Waals surface area contributed by atoms with Crippen LogP contribution in [0.2, 0.25) is 0 Å². The van der Waals surface area contributed by atoms with Crippen molar-refractivity contribution in [2.24, 2.45) is 0 Å². The van der Waals surface area contributed by atoms with Crippen molar-refractivity contribution in [1.82, 2.24) is 0 Å². The lowest BCUT2D eigenvalue weighted by Crippen LogP contribution is -1.95. The van der Waals surface area contributed by atoms with E-state index in [1.165, 1.54) is 51.4 Å². The lowest BCUT2D eigenvalue weighted by molar-refractivity contribution is -0.117. The molecule has 1 fully saturated rings. The minimum atomic E-state index is 0.316. The molecule has 0 bridgehead atoms. The second-order valence-corrected chi connectivity index (χ2v) is 7.72. The quantitative estimate of drug-likeness (QED) is 0.162. The summed E-state index contributed by atoms with van der Waals surface area (Å²) in [6, 6.07) is 0. The highest BCUT2D eigenvalue weighted by Gasteiger charge is 2.36. The molecular formula is C19H33BrO2. The second-order valence-electron chi connectivity index (χ2n) is 6.54. The van der Waals surface area contributed by atoms with E-state index in [1.807, 2.05) is 0 Å². The summed E-state index contributed by atoms with van der Waals surface area (Å²) in [5.74, 6) is 0.316. The van der Waals surface area contributed by atoms with E-state index in [-0.39, 0.29) is 0 Å². The zero-order valence-corrected chi connectivity index (χ0v) is 15.9. The van der Waals surface area contributed by atoms with Gasteiger partial charge in [0.1, 0.15) is 5.78 Å². The monoisotopic (exact) mass is 372 g/mol. The van der Waals surface area contributed by atoms with Crippen molar-refractivity contribution in [3.8, 4) is 0 Å². The second kappa shape index (κ2) is 12.3. The fourth-order valence-electron chi connectivity index (χ4n) is 2.76. The van der Waals surface area contributed by atoms with Crippen LogP contribution in [0.25, 0.3) is 0 Å². The van der Waals surface area contributed by atoms with Gasteiger partial charge in [-0.2, -0.15) is 0 Å². The summed E-state index contributed by atoms with van der Waals surface area (Å²) in [4.78, 5) is 11.3. The molecule has 0 spiro atoms. The number of Topliss-reactive ketones (excluding diaryl/α,β-unsaturated/α-hetero) is 1. The number of unbranched alkanes of at least 4 members (excludes halogenated alkanes) is 5. The molecule has 1 aliphatic heterocycles. The Bertz CT molecular complexity index is 327. The third-order valence-corrected chi connectivity index (χ3v) is 5.01. The number of halogens is 1. The Hall–Kier alpha value is -0.150. The van der Waals surface area contributed by atoms with Crippen molar-refractivity contribution < 1.29 is 9.53 Å². The van der Waals surface area contributed by atoms with E-state index < -0.39 is 0 Å². The van der Waals surface area contributed by atoms with Crippen molar-refractivity contribution in [2.45, 2.75) is 102 Å². The van der Waals surface area contributed by atoms with Gasteiger partial charge in [0, 0.05) is 11.2 Å². The maximum absolute atomic E-state index is 10.8. The highest BCUT2D eigenvalue weighted by Crippen LogP contribution is 2.30. The van der Waals surface area contributed by atoms with Gasteiger partial charge in [0.05, 0.1) is 12.2 Å². The molecular weight excluding hydrogens is 340 g/mol. The van der Waals surface area contributed by atoms with E-state index in [9.17, 15) is 4.79 Å². The number of allylic oxidation sites excluding steroid dienone is 1. The standard InChI is InChI=1S/C19H33BrO2/c1-3-4-7-14-18-19(22-18)15-10-13-17(20)12-9-6-5-8-11-16(2)21/h10,13,17-19H,3-9,11-12,14-15H2,1-2H3. The number of epoxide rings is 1. The third kappa shape index (κ3) is 10.6. The minimum absolute atomic E-state index is 0.316. The van der Waals surface area contributed by atoms with Crippen LogP contribution in [0.4, 0.5) is 0 Å². The van der Waals surface area contributed by atoms with Crippen LogP contribution in [0.1, 0.15) is 84.5 Å². The van der Waals surface area contributed by atoms with E-state index in [0.29, 0.717) is 22.8 Å². The molecule has 0 aromatic rings. The van der Waals surface area contributed by atoms with Crippen molar-refractivity contribution in [3.05, 3.63) is 12.2 Å². The van der Waals surface area contributed by atoms with Gasteiger partial charge >= 0.3 is 0 Å². The molecule has 3 heteroatoms. The van der Waals surface area contributed by atoms with E-state index in [0.717, 1.165) is 19.3 Å². The van der Waals surface area contributed by atoms with Gasteiger partial charge < -0.3 is 9.53 Å². The van der Waals surface area contributed by atoms with Crippen LogP contribution >= 0.6 is 15.9 Å². The number of ketones is 1. The Morgan fingerprint density at radius 3 is 2.64 bits per heavy atom. The summed E-state index contributed by atoms with van der Waals surface area (Å²) in [5, 5.41) is 0. The Morgan fingerprint density at radius 1 is 1.14 bits per heavy atom. The predicted octanol–water partition coefficient (Wildman–Crippen LogP) is 5.97. The predicted molar refractivity (Wildman–Crippen MR) is 97.7 cm³/mol. The van der Waals surface area contributed by atoms with Gasteiger partial charge in [-0.05, 0) is 32.6 Å². The first-order chi connectivity index (χ1) is 10.6. The molecule has 1 aliphatic rings. The molecule has 1 saturated heterocycles. The van der Waals surface area contributed by atoms with Crippen LogP contribution in [-0.2, 0) is 9.53 Å². The van der Waals surface area contributed by atoms with Crippen LogP contribution in [0.3, 0.4) is 0 Å². The zero-order valence-electron chi connectivity index (χ0n) is 14.4. The largest absolute Gasteiger partial charge is 0.369 e. The fraction of sp³-hybridized carbons (Fsp3) is 0.842. The van der Waals surface area contributed by atoms with Crippen LogP contribution in [0, 0.1) is 0 Å². The minimum Gasteiger partial charge on any atom is -0.369 e. The number of hydrogen-bond acceptors (Lipinski definition) is 2. The number of ether oxygens (including phenoxy) is 1. The fourth-order valence-corrected chi connectivity index (χ4v) is 3.30. The summed E-state index contributed by atoms with van der Waals surface area (Å²) < 4.78 is 5.70. The van der Waals surface area contributed by atoms with Gasteiger partial charge in [0.25, 0.3) is 0 Å². The molecule has 3 atom stereocenters. The molecule has 0 aromatic heterocycles. The molecule has 0 radical (unpaired) electrons. The van der Waals surface area contributed by atoms with Crippen molar-refractivity contribution in [1.29, 1.82) is 0 Å². The number of rotatable bonds is 14. The molecule has 0 N–H and O–H groups in total. The van der Waals surface area contributed by atoms with Crippen LogP contribution in [0.15, 0.2) is 12.2 Å². The van der Waals surface area contributed by atoms with E-state index in [2.05, 4.69) is 35.0 Å². The van der Waals surface area contributed by atoms with Crippen LogP contribution in [-0.4, -0.2) is 22.8 Å². The Morgan fingerprint density at radius 2 is 1.91 bits per heavy atom. The Balaban J connectivity index is 1.92. The normalized spacial score (nSPS) is 22.1. The molecule has 22 heavy (non-hydrogen) atoms. The number of carbonyl (C=O) groups excluding carboxylic acids is 1. The van der Waals surface area contributed by atoms with Crippen LogP contribution < -0.4 is 0 Å². The van der Waals surface area contributed by atoms with Gasteiger partial charge in [-0.1, -0.05) is 73.5 Å². The molecule has 3 unspecified atom stereocenters. The SMILES string of the molecule is CCCCCC1OC1CC=CC(Br)CCCCCCC(C)=O. The Labute approximate surface area is 145 Å². The van der Waals surface area contributed by atoms with Gasteiger partial charge in [0.15, 0.2) is 0 Å². The molecule has 0 saturated carbocycles. The number of hydrogen-bond donors (Lipinski definition) is 0. The van der Waals surface area contributed by atoms with Gasteiger partial charge in [-0.15, -0.1) is 0 Å². The highest BCUT2D eigenvalue weighted by atomic mass is 79.9. The smallest absolute Gasteiger partial charge is 0.129 e. The number of alkyl halides is 1. The van der Waals surface area contributed by atoms with Crippen molar-refractivity contribution >= 4 is 21.7 Å². The average Bonchev–Trinajstić information content (AvgIpc) is 3.21. The lowest BCUT2D eigenvalue weighted by Gasteiger charge is -2.04. The van der Waals surface area contributed by atoms with Gasteiger partial charge in [0.2, 0.25) is 0 Å². The molecule has 1 rings (SSSR count). The summed E-state index contributed by atoms with van der Waals surface area (Å²) >= 11 is 3.73. The molecule has 0 amide bonds. The maximum Gasteiger partial charge on any atom is 0.129 e. The van der Waals surface area contributed by atoms with Crippen LogP contribution in [0.5, 0.6) is 0 Å².